The summed E-state index contributed by atoms with van der Waals surface area (Å²) in [6.45, 7) is 4.11. The van der Waals surface area contributed by atoms with Gasteiger partial charge < -0.3 is 9.57 Å². The van der Waals surface area contributed by atoms with Crippen LogP contribution in [0.3, 0.4) is 0 Å². The highest BCUT2D eigenvalue weighted by Crippen LogP contribution is 2.10. The summed E-state index contributed by atoms with van der Waals surface area (Å²) in [5, 5.41) is 3.70. The van der Waals surface area contributed by atoms with E-state index in [4.69, 9.17) is 9.57 Å². The molecule has 0 atom stereocenters. The van der Waals surface area contributed by atoms with Gasteiger partial charge in [0.05, 0.1) is 7.11 Å². The highest BCUT2D eigenvalue weighted by molar-refractivity contribution is 5.79. The van der Waals surface area contributed by atoms with Crippen molar-refractivity contribution in [3.8, 4) is 5.75 Å². The molecule has 3 heteroatoms. The zero-order valence-corrected chi connectivity index (χ0v) is 8.77. The van der Waals surface area contributed by atoms with E-state index >= 15 is 0 Å². The van der Waals surface area contributed by atoms with Gasteiger partial charge >= 0.3 is 0 Å². The summed E-state index contributed by atoms with van der Waals surface area (Å²) in [7, 11) is 1.62. The summed E-state index contributed by atoms with van der Waals surface area (Å²) < 4.78 is 5.06. The molecule has 0 N–H and O–H groups in total. The molecule has 0 unspecified atom stereocenters. The Morgan fingerprint density at radius 2 is 2.40 bits per heavy atom. The molecule has 1 radical (unpaired) electrons. The van der Waals surface area contributed by atoms with Gasteiger partial charge in [-0.2, -0.15) is 0 Å². The van der Waals surface area contributed by atoms with Crippen LogP contribution in [0.5, 0.6) is 5.75 Å². The molecule has 0 aromatic heterocycles. The normalized spacial score (nSPS) is 10.2. The summed E-state index contributed by atoms with van der Waals surface area (Å²) in [4.78, 5) is 4.95. The van der Waals surface area contributed by atoms with Crippen LogP contribution < -0.4 is 4.74 Å². The Morgan fingerprint density at radius 3 is 3.13 bits per heavy atom. The maximum absolute atomic E-state index is 5.06. The van der Waals surface area contributed by atoms with Crippen LogP contribution in [0, 0.1) is 0 Å². The van der Waals surface area contributed by atoms with Crippen molar-refractivity contribution in [1.29, 1.82) is 0 Å². The number of benzene rings is 1. The Hall–Kier alpha value is -1.77. The number of hydrogen-bond acceptors (Lipinski definition) is 3. The van der Waals surface area contributed by atoms with Crippen LogP contribution in [0.25, 0.3) is 0 Å². The lowest BCUT2D eigenvalue weighted by molar-refractivity contribution is 0.151. The molecule has 0 amide bonds. The van der Waals surface area contributed by atoms with Gasteiger partial charge in [-0.3, -0.25) is 0 Å². The number of methoxy groups -OCH3 is 1. The lowest BCUT2D eigenvalue weighted by Gasteiger charge is -1.99. The van der Waals surface area contributed by atoms with Gasteiger partial charge in [0.1, 0.15) is 18.6 Å². The number of rotatable bonds is 6. The fourth-order valence-corrected chi connectivity index (χ4v) is 0.959. The van der Waals surface area contributed by atoms with E-state index in [0.29, 0.717) is 6.61 Å². The van der Waals surface area contributed by atoms with E-state index in [1.807, 2.05) is 24.3 Å². The Labute approximate surface area is 90.0 Å². The predicted molar refractivity (Wildman–Crippen MR) is 60.3 cm³/mol. The van der Waals surface area contributed by atoms with Gasteiger partial charge in [-0.25, -0.2) is 0 Å². The molecule has 0 aliphatic rings. The van der Waals surface area contributed by atoms with Crippen LogP contribution in [0.1, 0.15) is 12.0 Å². The quantitative estimate of drug-likeness (QED) is 0.308. The van der Waals surface area contributed by atoms with E-state index in [0.717, 1.165) is 17.7 Å². The van der Waals surface area contributed by atoms with Gasteiger partial charge in [-0.05, 0) is 12.1 Å². The second-order valence-corrected chi connectivity index (χ2v) is 2.85. The van der Waals surface area contributed by atoms with Crippen molar-refractivity contribution in [3.63, 3.8) is 0 Å². The third kappa shape index (κ3) is 4.31. The zero-order valence-electron chi connectivity index (χ0n) is 8.77. The first-order chi connectivity index (χ1) is 7.36. The average molecular weight is 204 g/mol. The molecule has 0 saturated carbocycles. The van der Waals surface area contributed by atoms with Crippen molar-refractivity contribution in [2.75, 3.05) is 13.7 Å². The minimum absolute atomic E-state index is 0.528. The molecule has 0 aliphatic carbocycles. The maximum Gasteiger partial charge on any atom is 0.139 e. The third-order valence-corrected chi connectivity index (χ3v) is 1.72. The van der Waals surface area contributed by atoms with Gasteiger partial charge in [0.2, 0.25) is 0 Å². The van der Waals surface area contributed by atoms with E-state index in [-0.39, 0.29) is 0 Å². The minimum atomic E-state index is 0.528. The third-order valence-electron chi connectivity index (χ3n) is 1.72. The van der Waals surface area contributed by atoms with Crippen LogP contribution in [0.2, 0.25) is 0 Å². The molecular formula is C12H14NO2. The maximum atomic E-state index is 5.06. The van der Waals surface area contributed by atoms with Crippen LogP contribution in [0.15, 0.2) is 42.1 Å². The van der Waals surface area contributed by atoms with Crippen molar-refractivity contribution in [2.45, 2.75) is 6.42 Å². The van der Waals surface area contributed by atoms with Gasteiger partial charge in [0, 0.05) is 12.0 Å². The van der Waals surface area contributed by atoms with E-state index in [1.54, 1.807) is 13.2 Å². The first-order valence-corrected chi connectivity index (χ1v) is 4.70. The molecule has 0 saturated heterocycles. The Kier molecular flexibility index (Phi) is 5.01. The zero-order chi connectivity index (χ0) is 10.9. The molecular weight excluding hydrogens is 190 g/mol. The molecule has 0 heterocycles. The van der Waals surface area contributed by atoms with Crippen LogP contribution in [-0.4, -0.2) is 19.9 Å². The van der Waals surface area contributed by atoms with Gasteiger partial charge in [0.25, 0.3) is 0 Å². The molecule has 1 aromatic carbocycles. The Balaban J connectivity index is 2.45. The second-order valence-electron chi connectivity index (χ2n) is 2.85. The Morgan fingerprint density at radius 1 is 1.53 bits per heavy atom. The molecule has 0 bridgehead atoms. The standard InChI is InChI=1S/C12H14NO2/c1-3-4-8-15-13-10-11-6-5-7-12(9-11)14-2/h3,5-7,9H,1,4,8H2,2H3. The van der Waals surface area contributed by atoms with Gasteiger partial charge in [-0.1, -0.05) is 23.4 Å². The molecule has 1 rings (SSSR count). The molecule has 15 heavy (non-hydrogen) atoms. The summed E-state index contributed by atoms with van der Waals surface area (Å²) in [6.07, 6.45) is 5.33. The fourth-order valence-electron chi connectivity index (χ4n) is 0.959. The van der Waals surface area contributed by atoms with Crippen molar-refractivity contribution >= 4 is 6.21 Å². The van der Waals surface area contributed by atoms with E-state index in [9.17, 15) is 0 Å². The number of hydrogen-bond donors (Lipinski definition) is 0. The van der Waals surface area contributed by atoms with E-state index in [2.05, 4.69) is 17.9 Å². The number of nitrogens with zero attached hydrogens (tertiary/aromatic N) is 1. The smallest absolute Gasteiger partial charge is 0.139 e. The molecule has 1 aromatic rings. The van der Waals surface area contributed by atoms with Crippen molar-refractivity contribution < 1.29 is 9.57 Å². The monoisotopic (exact) mass is 204 g/mol. The largest absolute Gasteiger partial charge is 0.497 e. The van der Waals surface area contributed by atoms with Crippen LogP contribution >= 0.6 is 0 Å². The molecule has 0 fully saturated rings. The van der Waals surface area contributed by atoms with E-state index in [1.165, 1.54) is 0 Å². The van der Waals surface area contributed by atoms with Crippen molar-refractivity contribution in [2.24, 2.45) is 5.16 Å². The first-order valence-electron chi connectivity index (χ1n) is 4.70. The molecule has 0 aliphatic heterocycles. The summed E-state index contributed by atoms with van der Waals surface area (Å²) >= 11 is 0. The van der Waals surface area contributed by atoms with E-state index < -0.39 is 0 Å². The SMILES string of the molecule is C=CCCON=[C]c1cccc(OC)c1. The molecule has 3 nitrogen and oxygen atoms in total. The lowest BCUT2D eigenvalue weighted by Crippen LogP contribution is -1.88. The van der Waals surface area contributed by atoms with Crippen molar-refractivity contribution in [1.82, 2.24) is 0 Å². The lowest BCUT2D eigenvalue weighted by atomic mass is 10.2. The highest BCUT2D eigenvalue weighted by atomic mass is 16.6. The van der Waals surface area contributed by atoms with Crippen LogP contribution in [-0.2, 0) is 4.84 Å². The first kappa shape index (κ1) is 11.3. The summed E-state index contributed by atoms with van der Waals surface area (Å²) in [6, 6.07) is 7.45. The highest BCUT2D eigenvalue weighted by Gasteiger charge is 1.92. The predicted octanol–water partition coefficient (Wildman–Crippen LogP) is 2.50. The number of ether oxygens (including phenoxy) is 1. The summed E-state index contributed by atoms with van der Waals surface area (Å²) in [5.74, 6) is 0.779. The fraction of sp³-hybridized carbons (Fsp3) is 0.250. The van der Waals surface area contributed by atoms with Crippen LogP contribution in [0.4, 0.5) is 0 Å². The minimum Gasteiger partial charge on any atom is -0.497 e. The Bertz CT molecular complexity index is 334. The van der Waals surface area contributed by atoms with Gasteiger partial charge in [-0.15, -0.1) is 6.58 Å². The topological polar surface area (TPSA) is 30.8 Å². The molecule has 79 valence electrons. The summed E-state index contributed by atoms with van der Waals surface area (Å²) in [5.41, 5.74) is 0.827. The molecule has 0 spiro atoms. The second kappa shape index (κ2) is 6.65. The van der Waals surface area contributed by atoms with Crippen molar-refractivity contribution in [3.05, 3.63) is 42.5 Å². The average Bonchev–Trinajstić information content (AvgIpc) is 2.29. The van der Waals surface area contributed by atoms with Gasteiger partial charge in [0.15, 0.2) is 0 Å².